The topological polar surface area (TPSA) is 95.4 Å². The minimum absolute atomic E-state index is 0.00559. The van der Waals surface area contributed by atoms with Gasteiger partial charge >= 0.3 is 5.97 Å². The standard InChI is InChI=1S/C13H14N4O3/c1-20-13(19)10-2-4-11(5-3-10)17-8-9(6-12(17)18)7-15-16-14/h2-5,9H,6-8H2,1H3. The van der Waals surface area contributed by atoms with Gasteiger partial charge in [-0.15, -0.1) is 0 Å². The first-order valence-corrected chi connectivity index (χ1v) is 6.15. The van der Waals surface area contributed by atoms with Gasteiger partial charge in [-0.05, 0) is 35.7 Å². The number of ether oxygens (including phenoxy) is 1. The number of rotatable bonds is 4. The lowest BCUT2D eigenvalue weighted by molar-refractivity contribution is -0.117. The van der Waals surface area contributed by atoms with Crippen LogP contribution in [0.4, 0.5) is 5.69 Å². The second-order valence-corrected chi connectivity index (χ2v) is 4.53. The zero-order valence-electron chi connectivity index (χ0n) is 11.0. The summed E-state index contributed by atoms with van der Waals surface area (Å²) >= 11 is 0. The molecule has 0 saturated carbocycles. The fourth-order valence-corrected chi connectivity index (χ4v) is 2.20. The highest BCUT2D eigenvalue weighted by atomic mass is 16.5. The third-order valence-electron chi connectivity index (χ3n) is 3.21. The molecule has 1 heterocycles. The van der Waals surface area contributed by atoms with E-state index >= 15 is 0 Å². The molecule has 0 N–H and O–H groups in total. The number of esters is 1. The summed E-state index contributed by atoms with van der Waals surface area (Å²) in [7, 11) is 1.32. The summed E-state index contributed by atoms with van der Waals surface area (Å²) in [5.41, 5.74) is 9.46. The third kappa shape index (κ3) is 2.89. The van der Waals surface area contributed by atoms with Crippen molar-refractivity contribution in [3.8, 4) is 0 Å². The average molecular weight is 274 g/mol. The van der Waals surface area contributed by atoms with E-state index in [4.69, 9.17) is 5.53 Å². The molecular formula is C13H14N4O3. The lowest BCUT2D eigenvalue weighted by Gasteiger charge is -2.16. The molecule has 0 aromatic heterocycles. The summed E-state index contributed by atoms with van der Waals surface area (Å²) in [5.74, 6) is -0.377. The van der Waals surface area contributed by atoms with Crippen LogP contribution in [0.1, 0.15) is 16.8 Å². The van der Waals surface area contributed by atoms with E-state index in [-0.39, 0.29) is 11.8 Å². The van der Waals surface area contributed by atoms with Gasteiger partial charge < -0.3 is 9.64 Å². The molecule has 2 rings (SSSR count). The Labute approximate surface area is 115 Å². The van der Waals surface area contributed by atoms with Crippen LogP contribution in [0.25, 0.3) is 10.4 Å². The number of hydrogen-bond acceptors (Lipinski definition) is 4. The fourth-order valence-electron chi connectivity index (χ4n) is 2.20. The van der Waals surface area contributed by atoms with Crippen molar-refractivity contribution in [1.29, 1.82) is 0 Å². The average Bonchev–Trinajstić information content (AvgIpc) is 2.85. The highest BCUT2D eigenvalue weighted by Gasteiger charge is 2.30. The molecule has 1 atom stereocenters. The van der Waals surface area contributed by atoms with Gasteiger partial charge in [0.1, 0.15) is 0 Å². The largest absolute Gasteiger partial charge is 0.465 e. The van der Waals surface area contributed by atoms with Crippen molar-refractivity contribution in [2.45, 2.75) is 6.42 Å². The summed E-state index contributed by atoms with van der Waals surface area (Å²) < 4.78 is 4.62. The van der Waals surface area contributed by atoms with E-state index in [9.17, 15) is 9.59 Å². The van der Waals surface area contributed by atoms with Gasteiger partial charge in [-0.25, -0.2) is 4.79 Å². The summed E-state index contributed by atoms with van der Waals surface area (Å²) in [5, 5.41) is 3.51. The highest BCUT2D eigenvalue weighted by Crippen LogP contribution is 2.25. The van der Waals surface area contributed by atoms with Crippen molar-refractivity contribution >= 4 is 17.6 Å². The van der Waals surface area contributed by atoms with E-state index in [1.807, 2.05) is 0 Å². The van der Waals surface area contributed by atoms with Crippen molar-refractivity contribution in [1.82, 2.24) is 0 Å². The van der Waals surface area contributed by atoms with Crippen molar-refractivity contribution in [2.24, 2.45) is 11.0 Å². The van der Waals surface area contributed by atoms with Crippen molar-refractivity contribution in [3.63, 3.8) is 0 Å². The SMILES string of the molecule is COC(=O)c1ccc(N2CC(CN=[N+]=[N-])CC2=O)cc1. The molecule has 104 valence electrons. The maximum Gasteiger partial charge on any atom is 0.337 e. The Hall–Kier alpha value is -2.53. The summed E-state index contributed by atoms with van der Waals surface area (Å²) in [6, 6.07) is 6.66. The van der Waals surface area contributed by atoms with E-state index in [0.717, 1.165) is 5.69 Å². The predicted molar refractivity (Wildman–Crippen MR) is 72.3 cm³/mol. The molecule has 0 aliphatic carbocycles. The van der Waals surface area contributed by atoms with Gasteiger partial charge in [0.2, 0.25) is 5.91 Å². The summed E-state index contributed by atoms with van der Waals surface area (Å²) in [4.78, 5) is 27.6. The van der Waals surface area contributed by atoms with Crippen LogP contribution >= 0.6 is 0 Å². The van der Waals surface area contributed by atoms with E-state index in [1.54, 1.807) is 29.2 Å². The molecule has 1 unspecified atom stereocenters. The number of anilines is 1. The number of amides is 1. The van der Waals surface area contributed by atoms with Crippen LogP contribution < -0.4 is 4.90 Å². The smallest absolute Gasteiger partial charge is 0.337 e. The van der Waals surface area contributed by atoms with E-state index in [2.05, 4.69) is 14.8 Å². The minimum Gasteiger partial charge on any atom is -0.465 e. The molecule has 0 bridgehead atoms. The molecule has 1 amide bonds. The first kappa shape index (κ1) is 13.9. The highest BCUT2D eigenvalue weighted by molar-refractivity contribution is 5.96. The molecule has 1 aromatic carbocycles. The molecule has 1 aliphatic rings. The van der Waals surface area contributed by atoms with Gasteiger partial charge in [-0.1, -0.05) is 5.11 Å². The van der Waals surface area contributed by atoms with Gasteiger partial charge in [0.15, 0.2) is 0 Å². The lowest BCUT2D eigenvalue weighted by atomic mass is 10.1. The maximum atomic E-state index is 11.9. The molecule has 1 aliphatic heterocycles. The first-order valence-electron chi connectivity index (χ1n) is 6.15. The van der Waals surface area contributed by atoms with Gasteiger partial charge in [-0.2, -0.15) is 0 Å². The van der Waals surface area contributed by atoms with Gasteiger partial charge in [-0.3, -0.25) is 4.79 Å². The Morgan fingerprint density at radius 1 is 1.50 bits per heavy atom. The Bertz CT molecular complexity index is 563. The van der Waals surface area contributed by atoms with Crippen molar-refractivity contribution in [3.05, 3.63) is 40.3 Å². The number of hydrogen-bond donors (Lipinski definition) is 0. The van der Waals surface area contributed by atoms with Crippen LogP contribution in [0.15, 0.2) is 29.4 Å². The molecule has 1 fully saturated rings. The van der Waals surface area contributed by atoms with Crippen molar-refractivity contribution in [2.75, 3.05) is 25.1 Å². The molecule has 20 heavy (non-hydrogen) atoms. The normalized spacial score (nSPS) is 17.8. The van der Waals surface area contributed by atoms with E-state index in [1.165, 1.54) is 7.11 Å². The molecule has 0 radical (unpaired) electrons. The third-order valence-corrected chi connectivity index (χ3v) is 3.21. The van der Waals surface area contributed by atoms with Gasteiger partial charge in [0, 0.05) is 30.1 Å². The Kier molecular flexibility index (Phi) is 4.22. The van der Waals surface area contributed by atoms with Crippen LogP contribution in [0.3, 0.4) is 0 Å². The molecular weight excluding hydrogens is 260 g/mol. The van der Waals surface area contributed by atoms with Crippen LogP contribution in [0.5, 0.6) is 0 Å². The number of nitrogens with zero attached hydrogens (tertiary/aromatic N) is 4. The van der Waals surface area contributed by atoms with Crippen LogP contribution in [0.2, 0.25) is 0 Å². The molecule has 1 saturated heterocycles. The number of carbonyl (C=O) groups excluding carboxylic acids is 2. The van der Waals surface area contributed by atoms with Crippen LogP contribution in [-0.2, 0) is 9.53 Å². The first-order chi connectivity index (χ1) is 9.65. The Morgan fingerprint density at radius 2 is 2.20 bits per heavy atom. The predicted octanol–water partition coefficient (Wildman–Crippen LogP) is 2.14. The second-order valence-electron chi connectivity index (χ2n) is 4.53. The van der Waals surface area contributed by atoms with Gasteiger partial charge in [0.05, 0.1) is 12.7 Å². The zero-order chi connectivity index (χ0) is 14.5. The van der Waals surface area contributed by atoms with E-state index < -0.39 is 5.97 Å². The number of benzene rings is 1. The monoisotopic (exact) mass is 274 g/mol. The molecule has 0 spiro atoms. The van der Waals surface area contributed by atoms with Gasteiger partial charge in [0.25, 0.3) is 0 Å². The summed E-state index contributed by atoms with van der Waals surface area (Å²) in [6.45, 7) is 0.842. The molecule has 7 heteroatoms. The summed E-state index contributed by atoms with van der Waals surface area (Å²) in [6.07, 6.45) is 0.373. The number of carbonyl (C=O) groups is 2. The van der Waals surface area contributed by atoms with Crippen LogP contribution in [-0.4, -0.2) is 32.1 Å². The number of azide groups is 1. The molecule has 1 aromatic rings. The maximum absolute atomic E-state index is 11.9. The lowest BCUT2D eigenvalue weighted by Crippen LogP contribution is -2.24. The quantitative estimate of drug-likeness (QED) is 0.364. The molecule has 7 nitrogen and oxygen atoms in total. The van der Waals surface area contributed by atoms with Crippen LogP contribution in [0, 0.1) is 5.92 Å². The van der Waals surface area contributed by atoms with Crippen molar-refractivity contribution < 1.29 is 14.3 Å². The Morgan fingerprint density at radius 3 is 2.80 bits per heavy atom. The Balaban J connectivity index is 2.10. The fraction of sp³-hybridized carbons (Fsp3) is 0.385. The second kappa shape index (κ2) is 6.08. The van der Waals surface area contributed by atoms with E-state index in [0.29, 0.717) is 25.1 Å². The number of methoxy groups -OCH3 is 1. The minimum atomic E-state index is -0.412. The zero-order valence-corrected chi connectivity index (χ0v) is 11.0.